The first-order valence-corrected chi connectivity index (χ1v) is 5.04. The van der Waals surface area contributed by atoms with E-state index in [2.05, 4.69) is 30.1 Å². The van der Waals surface area contributed by atoms with Gasteiger partial charge in [-0.2, -0.15) is 15.5 Å². The summed E-state index contributed by atoms with van der Waals surface area (Å²) in [7, 11) is 0. The van der Waals surface area contributed by atoms with Crippen LogP contribution in [-0.4, -0.2) is 11.1 Å². The molecule has 0 amide bonds. The molecule has 3 nitrogen and oxygen atoms in total. The zero-order valence-corrected chi connectivity index (χ0v) is 10.1. The summed E-state index contributed by atoms with van der Waals surface area (Å²) in [6, 6.07) is 2.22. The predicted molar refractivity (Wildman–Crippen MR) is 58.1 cm³/mol. The molecule has 0 aliphatic heterocycles. The molecule has 0 saturated carbocycles. The maximum atomic E-state index is 9.03. The van der Waals surface area contributed by atoms with Crippen LogP contribution in [0.25, 0.3) is 0 Å². The molecule has 0 aliphatic rings. The van der Waals surface area contributed by atoms with Crippen molar-refractivity contribution in [1.82, 2.24) is 0 Å². The third-order valence-electron chi connectivity index (χ3n) is 1.62. The van der Waals surface area contributed by atoms with Gasteiger partial charge in [0.2, 0.25) is 0 Å². The van der Waals surface area contributed by atoms with Crippen molar-refractivity contribution in [2.24, 2.45) is 16.1 Å². The number of hydrogen-bond donors (Lipinski definition) is 0. The molecule has 0 N–H and O–H groups in total. The quantitative estimate of drug-likeness (QED) is 0.635. The first kappa shape index (κ1) is 13.1. The van der Waals surface area contributed by atoms with E-state index in [9.17, 15) is 0 Å². The minimum atomic E-state index is -0.665. The summed E-state index contributed by atoms with van der Waals surface area (Å²) in [4.78, 5) is 0. The highest BCUT2D eigenvalue weighted by Crippen LogP contribution is 2.22. The molecule has 0 aromatic carbocycles. The number of azo groups is 1. The smallest absolute Gasteiger partial charge is 0.164 e. The van der Waals surface area contributed by atoms with Crippen LogP contribution in [0.1, 0.15) is 48.0 Å². The Balaban J connectivity index is 4.58. The third-order valence-corrected chi connectivity index (χ3v) is 1.62. The van der Waals surface area contributed by atoms with E-state index in [4.69, 9.17) is 5.26 Å². The second-order valence-electron chi connectivity index (χ2n) is 5.35. The van der Waals surface area contributed by atoms with Crippen LogP contribution in [0.4, 0.5) is 0 Å². The van der Waals surface area contributed by atoms with Crippen molar-refractivity contribution in [3.8, 4) is 6.07 Å². The van der Waals surface area contributed by atoms with E-state index in [-0.39, 0.29) is 5.54 Å². The van der Waals surface area contributed by atoms with Crippen LogP contribution < -0.4 is 0 Å². The van der Waals surface area contributed by atoms with E-state index in [0.29, 0.717) is 5.92 Å². The topological polar surface area (TPSA) is 48.5 Å². The normalized spacial score (nSPS) is 17.0. The molecular weight excluding hydrogens is 174 g/mol. The van der Waals surface area contributed by atoms with Gasteiger partial charge in [-0.1, -0.05) is 13.8 Å². The number of nitrogens with zero attached hydrogens (tertiary/aromatic N) is 3. The Hall–Kier alpha value is -0.910. The van der Waals surface area contributed by atoms with Crippen LogP contribution in [0.5, 0.6) is 0 Å². The van der Waals surface area contributed by atoms with Crippen LogP contribution in [0.3, 0.4) is 0 Å². The summed E-state index contributed by atoms with van der Waals surface area (Å²) in [6.45, 7) is 11.9. The van der Waals surface area contributed by atoms with Gasteiger partial charge in [0.05, 0.1) is 11.6 Å². The molecule has 0 radical (unpaired) electrons. The first-order chi connectivity index (χ1) is 6.18. The summed E-state index contributed by atoms with van der Waals surface area (Å²) in [5.41, 5.74) is -0.865. The fourth-order valence-corrected chi connectivity index (χ4v) is 1.16. The van der Waals surface area contributed by atoms with Crippen LogP contribution in [0.2, 0.25) is 0 Å². The Kier molecular flexibility index (Phi) is 4.25. The monoisotopic (exact) mass is 195 g/mol. The summed E-state index contributed by atoms with van der Waals surface area (Å²) in [5, 5.41) is 17.3. The molecule has 80 valence electrons. The molecule has 0 aliphatic carbocycles. The minimum Gasteiger partial charge on any atom is -0.196 e. The van der Waals surface area contributed by atoms with E-state index in [0.717, 1.165) is 6.42 Å². The molecule has 0 spiro atoms. The maximum absolute atomic E-state index is 9.03. The Morgan fingerprint density at radius 3 is 1.93 bits per heavy atom. The highest BCUT2D eigenvalue weighted by Gasteiger charge is 2.25. The van der Waals surface area contributed by atoms with Crippen molar-refractivity contribution < 1.29 is 0 Å². The molecular formula is C11H21N3. The summed E-state index contributed by atoms with van der Waals surface area (Å²) >= 11 is 0. The van der Waals surface area contributed by atoms with Gasteiger partial charge in [0.15, 0.2) is 5.54 Å². The molecule has 0 rings (SSSR count). The lowest BCUT2D eigenvalue weighted by atomic mass is 9.93. The summed E-state index contributed by atoms with van der Waals surface area (Å²) in [6.07, 6.45) is 0.753. The van der Waals surface area contributed by atoms with Gasteiger partial charge < -0.3 is 0 Å². The predicted octanol–water partition coefficient (Wildman–Crippen LogP) is 3.57. The van der Waals surface area contributed by atoms with E-state index >= 15 is 0 Å². The Labute approximate surface area is 87.2 Å². The van der Waals surface area contributed by atoms with Crippen LogP contribution >= 0.6 is 0 Å². The van der Waals surface area contributed by atoms with Crippen molar-refractivity contribution in [3.63, 3.8) is 0 Å². The molecule has 0 heterocycles. The number of nitriles is 1. The van der Waals surface area contributed by atoms with E-state index in [1.165, 1.54) is 0 Å². The van der Waals surface area contributed by atoms with Gasteiger partial charge >= 0.3 is 0 Å². The summed E-state index contributed by atoms with van der Waals surface area (Å²) < 4.78 is 0. The lowest BCUT2D eigenvalue weighted by molar-refractivity contribution is 0.407. The molecule has 0 saturated heterocycles. The van der Waals surface area contributed by atoms with Gasteiger partial charge in [0.25, 0.3) is 0 Å². The van der Waals surface area contributed by atoms with Crippen LogP contribution in [0, 0.1) is 17.2 Å². The van der Waals surface area contributed by atoms with Crippen molar-refractivity contribution in [3.05, 3.63) is 0 Å². The lowest BCUT2D eigenvalue weighted by Crippen LogP contribution is -2.23. The van der Waals surface area contributed by atoms with E-state index in [1.807, 2.05) is 27.7 Å². The van der Waals surface area contributed by atoms with Crippen molar-refractivity contribution in [2.45, 2.75) is 59.0 Å². The molecule has 3 heteroatoms. The highest BCUT2D eigenvalue weighted by atomic mass is 15.2. The SMILES string of the molecule is CC(C)CC(C)(C#N)/N=N/C(C)(C)C. The van der Waals surface area contributed by atoms with Crippen LogP contribution in [-0.2, 0) is 0 Å². The zero-order chi connectivity index (χ0) is 11.4. The number of hydrogen-bond acceptors (Lipinski definition) is 3. The molecule has 0 aromatic heterocycles. The maximum Gasteiger partial charge on any atom is 0.164 e. The van der Waals surface area contributed by atoms with Crippen molar-refractivity contribution >= 4 is 0 Å². The molecule has 0 fully saturated rings. The van der Waals surface area contributed by atoms with Crippen molar-refractivity contribution in [2.75, 3.05) is 0 Å². The van der Waals surface area contributed by atoms with Gasteiger partial charge in [-0.15, -0.1) is 0 Å². The average Bonchev–Trinajstić information content (AvgIpc) is 1.99. The fourth-order valence-electron chi connectivity index (χ4n) is 1.16. The second kappa shape index (κ2) is 4.54. The number of rotatable bonds is 3. The molecule has 1 unspecified atom stereocenters. The van der Waals surface area contributed by atoms with Gasteiger partial charge in [0.1, 0.15) is 0 Å². The average molecular weight is 195 g/mol. The fraction of sp³-hybridized carbons (Fsp3) is 0.909. The zero-order valence-electron chi connectivity index (χ0n) is 10.1. The molecule has 14 heavy (non-hydrogen) atoms. The summed E-state index contributed by atoms with van der Waals surface area (Å²) in [5.74, 6) is 0.457. The first-order valence-electron chi connectivity index (χ1n) is 5.04. The Morgan fingerprint density at radius 1 is 1.14 bits per heavy atom. The Bertz CT molecular complexity index is 242. The largest absolute Gasteiger partial charge is 0.196 e. The molecule has 1 atom stereocenters. The van der Waals surface area contributed by atoms with Gasteiger partial charge in [-0.3, -0.25) is 0 Å². The van der Waals surface area contributed by atoms with Gasteiger partial charge in [0, 0.05) is 0 Å². The van der Waals surface area contributed by atoms with Gasteiger partial charge in [-0.05, 0) is 40.0 Å². The van der Waals surface area contributed by atoms with Crippen molar-refractivity contribution in [1.29, 1.82) is 5.26 Å². The second-order valence-corrected chi connectivity index (χ2v) is 5.35. The highest BCUT2D eigenvalue weighted by molar-refractivity contribution is 5.03. The standard InChI is InChI=1S/C11H21N3/c1-9(2)7-11(6,8-12)14-13-10(3,4)5/h9H,7H2,1-6H3/b14-13+. The lowest BCUT2D eigenvalue weighted by Gasteiger charge is -2.19. The van der Waals surface area contributed by atoms with Gasteiger partial charge in [-0.25, -0.2) is 0 Å². The van der Waals surface area contributed by atoms with E-state index < -0.39 is 5.54 Å². The third kappa shape index (κ3) is 5.69. The van der Waals surface area contributed by atoms with E-state index in [1.54, 1.807) is 0 Å². The molecule has 0 bridgehead atoms. The minimum absolute atomic E-state index is 0.199. The Morgan fingerprint density at radius 2 is 1.64 bits per heavy atom. The molecule has 0 aromatic rings. The van der Waals surface area contributed by atoms with Crippen LogP contribution in [0.15, 0.2) is 10.2 Å².